The Bertz CT molecular complexity index is 810. The Morgan fingerprint density at radius 1 is 1.08 bits per heavy atom. The molecular weight excluding hydrogens is 330 g/mol. The van der Waals surface area contributed by atoms with Gasteiger partial charge in [-0.05, 0) is 36.8 Å². The molecule has 1 atom stereocenters. The standard InChI is InChI=1S/C18H16F2N2O3/c1-18(12-5-7-13(19)8-6-12)16(23)22(17(24)21-18)9-10-25-15-4-2-3-14(20)11-15/h2-8,11H,9-10H2,1H3,(H,21,24)/t18-/m0/s1. The van der Waals surface area contributed by atoms with Crippen molar-refractivity contribution in [3.63, 3.8) is 0 Å². The van der Waals surface area contributed by atoms with Gasteiger partial charge in [-0.2, -0.15) is 0 Å². The zero-order valence-electron chi connectivity index (χ0n) is 13.5. The molecule has 25 heavy (non-hydrogen) atoms. The number of urea groups is 1. The number of nitrogens with zero attached hydrogens (tertiary/aromatic N) is 1. The molecule has 1 N–H and O–H groups in total. The van der Waals surface area contributed by atoms with Gasteiger partial charge in [-0.25, -0.2) is 13.6 Å². The summed E-state index contributed by atoms with van der Waals surface area (Å²) in [5.41, 5.74) is -0.773. The maximum Gasteiger partial charge on any atom is 0.325 e. The fourth-order valence-electron chi connectivity index (χ4n) is 2.69. The minimum atomic E-state index is -1.26. The summed E-state index contributed by atoms with van der Waals surface area (Å²) in [7, 11) is 0. The van der Waals surface area contributed by atoms with Crippen LogP contribution in [0.5, 0.6) is 5.75 Å². The van der Waals surface area contributed by atoms with E-state index in [9.17, 15) is 18.4 Å². The predicted octanol–water partition coefficient (Wildman–Crippen LogP) is 2.81. The lowest BCUT2D eigenvalue weighted by molar-refractivity contribution is -0.131. The van der Waals surface area contributed by atoms with Gasteiger partial charge in [-0.15, -0.1) is 0 Å². The van der Waals surface area contributed by atoms with E-state index in [0.29, 0.717) is 11.3 Å². The summed E-state index contributed by atoms with van der Waals surface area (Å²) in [5, 5.41) is 2.62. The van der Waals surface area contributed by atoms with Gasteiger partial charge in [-0.1, -0.05) is 18.2 Å². The molecule has 1 aliphatic rings. The van der Waals surface area contributed by atoms with E-state index in [4.69, 9.17) is 4.74 Å². The summed E-state index contributed by atoms with van der Waals surface area (Å²) in [4.78, 5) is 25.8. The molecule has 1 heterocycles. The lowest BCUT2D eigenvalue weighted by Crippen LogP contribution is -2.41. The highest BCUT2D eigenvalue weighted by atomic mass is 19.1. The SMILES string of the molecule is C[C@@]1(c2ccc(F)cc2)NC(=O)N(CCOc2cccc(F)c2)C1=O. The number of hydrogen-bond donors (Lipinski definition) is 1. The van der Waals surface area contributed by atoms with Crippen LogP contribution < -0.4 is 10.1 Å². The molecule has 0 radical (unpaired) electrons. The average molecular weight is 346 g/mol. The quantitative estimate of drug-likeness (QED) is 0.847. The van der Waals surface area contributed by atoms with Crippen molar-refractivity contribution in [1.29, 1.82) is 0 Å². The number of nitrogens with one attached hydrogen (secondary N) is 1. The van der Waals surface area contributed by atoms with Crippen molar-refractivity contribution in [2.75, 3.05) is 13.2 Å². The van der Waals surface area contributed by atoms with Gasteiger partial charge in [0.15, 0.2) is 0 Å². The Hall–Kier alpha value is -2.96. The van der Waals surface area contributed by atoms with Crippen LogP contribution in [0.4, 0.5) is 13.6 Å². The monoisotopic (exact) mass is 346 g/mol. The van der Waals surface area contributed by atoms with Crippen LogP contribution in [0.2, 0.25) is 0 Å². The Morgan fingerprint density at radius 3 is 2.48 bits per heavy atom. The predicted molar refractivity (Wildman–Crippen MR) is 85.9 cm³/mol. The smallest absolute Gasteiger partial charge is 0.325 e. The second kappa shape index (κ2) is 6.51. The van der Waals surface area contributed by atoms with E-state index in [1.165, 1.54) is 42.5 Å². The first-order valence-corrected chi connectivity index (χ1v) is 7.69. The minimum Gasteiger partial charge on any atom is -0.492 e. The van der Waals surface area contributed by atoms with Crippen LogP contribution in [0.15, 0.2) is 48.5 Å². The van der Waals surface area contributed by atoms with Crippen molar-refractivity contribution in [3.8, 4) is 5.75 Å². The van der Waals surface area contributed by atoms with E-state index >= 15 is 0 Å². The van der Waals surface area contributed by atoms with Crippen LogP contribution in [-0.4, -0.2) is 30.0 Å². The fraction of sp³-hybridized carbons (Fsp3) is 0.222. The molecule has 3 amide bonds. The van der Waals surface area contributed by atoms with E-state index < -0.39 is 29.1 Å². The second-order valence-electron chi connectivity index (χ2n) is 5.82. The summed E-state index contributed by atoms with van der Waals surface area (Å²) in [6.07, 6.45) is 0. The first kappa shape index (κ1) is 16.9. The molecule has 7 heteroatoms. The van der Waals surface area contributed by atoms with Crippen molar-refractivity contribution in [1.82, 2.24) is 10.2 Å². The molecule has 5 nitrogen and oxygen atoms in total. The van der Waals surface area contributed by atoms with Gasteiger partial charge in [0.2, 0.25) is 0 Å². The van der Waals surface area contributed by atoms with Crippen LogP contribution in [-0.2, 0) is 10.3 Å². The highest BCUT2D eigenvalue weighted by Gasteiger charge is 2.48. The number of amides is 3. The zero-order valence-corrected chi connectivity index (χ0v) is 13.5. The Morgan fingerprint density at radius 2 is 1.80 bits per heavy atom. The number of rotatable bonds is 5. The van der Waals surface area contributed by atoms with Crippen molar-refractivity contribution in [2.45, 2.75) is 12.5 Å². The first-order valence-electron chi connectivity index (χ1n) is 7.69. The Labute approximate surface area is 143 Å². The largest absolute Gasteiger partial charge is 0.492 e. The third kappa shape index (κ3) is 3.31. The molecule has 1 fully saturated rings. The van der Waals surface area contributed by atoms with Gasteiger partial charge in [0, 0.05) is 6.07 Å². The van der Waals surface area contributed by atoms with Crippen LogP contribution in [0, 0.1) is 11.6 Å². The third-order valence-corrected chi connectivity index (χ3v) is 4.08. The summed E-state index contributed by atoms with van der Waals surface area (Å²) >= 11 is 0. The maximum absolute atomic E-state index is 13.1. The highest BCUT2D eigenvalue weighted by molar-refractivity contribution is 6.07. The number of carbonyl (C=O) groups excluding carboxylic acids is 2. The van der Waals surface area contributed by atoms with Crippen molar-refractivity contribution < 1.29 is 23.1 Å². The molecule has 0 unspecified atom stereocenters. The molecule has 1 aliphatic heterocycles. The number of ether oxygens (including phenoxy) is 1. The summed E-state index contributed by atoms with van der Waals surface area (Å²) in [6.45, 7) is 1.61. The van der Waals surface area contributed by atoms with Gasteiger partial charge in [0.25, 0.3) is 5.91 Å². The van der Waals surface area contributed by atoms with Gasteiger partial charge >= 0.3 is 6.03 Å². The van der Waals surface area contributed by atoms with Gasteiger partial charge in [-0.3, -0.25) is 9.69 Å². The van der Waals surface area contributed by atoms with Crippen LogP contribution in [0.3, 0.4) is 0 Å². The summed E-state index contributed by atoms with van der Waals surface area (Å²) in [5.74, 6) is -0.999. The lowest BCUT2D eigenvalue weighted by atomic mass is 9.92. The number of carbonyl (C=O) groups is 2. The molecular formula is C18H16F2N2O3. The zero-order chi connectivity index (χ0) is 18.0. The third-order valence-electron chi connectivity index (χ3n) is 4.08. The number of benzene rings is 2. The molecule has 130 valence electrons. The summed E-state index contributed by atoms with van der Waals surface area (Å²) < 4.78 is 31.6. The van der Waals surface area contributed by atoms with E-state index in [1.54, 1.807) is 13.0 Å². The lowest BCUT2D eigenvalue weighted by Gasteiger charge is -2.22. The summed E-state index contributed by atoms with van der Waals surface area (Å²) in [6, 6.07) is 10.4. The normalized spacial score (nSPS) is 19.9. The number of imide groups is 1. The first-order chi connectivity index (χ1) is 11.9. The molecule has 0 saturated carbocycles. The Balaban J connectivity index is 1.68. The molecule has 1 saturated heterocycles. The van der Waals surface area contributed by atoms with Crippen LogP contribution in [0.1, 0.15) is 12.5 Å². The van der Waals surface area contributed by atoms with Crippen LogP contribution in [0.25, 0.3) is 0 Å². The van der Waals surface area contributed by atoms with Gasteiger partial charge in [0.1, 0.15) is 29.5 Å². The highest BCUT2D eigenvalue weighted by Crippen LogP contribution is 2.28. The number of hydrogen-bond acceptors (Lipinski definition) is 3. The van der Waals surface area contributed by atoms with Crippen molar-refractivity contribution >= 4 is 11.9 Å². The number of halogens is 2. The maximum atomic E-state index is 13.1. The molecule has 0 aliphatic carbocycles. The molecule has 0 aromatic heterocycles. The molecule has 0 bridgehead atoms. The minimum absolute atomic E-state index is 0.0119. The van der Waals surface area contributed by atoms with Gasteiger partial charge < -0.3 is 10.1 Å². The van der Waals surface area contributed by atoms with Crippen molar-refractivity contribution in [2.24, 2.45) is 0 Å². The average Bonchev–Trinajstić information content (AvgIpc) is 2.79. The van der Waals surface area contributed by atoms with E-state index in [2.05, 4.69) is 5.32 Å². The van der Waals surface area contributed by atoms with Crippen molar-refractivity contribution in [3.05, 3.63) is 65.7 Å². The Kier molecular flexibility index (Phi) is 4.39. The fourth-order valence-corrected chi connectivity index (χ4v) is 2.69. The topological polar surface area (TPSA) is 58.6 Å². The van der Waals surface area contributed by atoms with Gasteiger partial charge in [0.05, 0.1) is 6.54 Å². The second-order valence-corrected chi connectivity index (χ2v) is 5.82. The van der Waals surface area contributed by atoms with E-state index in [0.717, 1.165) is 4.90 Å². The molecule has 2 aromatic rings. The molecule has 3 rings (SSSR count). The van der Waals surface area contributed by atoms with E-state index in [1.807, 2.05) is 0 Å². The van der Waals surface area contributed by atoms with E-state index in [-0.39, 0.29) is 13.2 Å². The van der Waals surface area contributed by atoms with Crippen LogP contribution >= 0.6 is 0 Å². The molecule has 2 aromatic carbocycles. The molecule has 0 spiro atoms.